The zero-order chi connectivity index (χ0) is 15.6. The van der Waals surface area contributed by atoms with E-state index in [0.717, 1.165) is 6.07 Å². The third-order valence-electron chi connectivity index (χ3n) is 2.63. The lowest BCUT2D eigenvalue weighted by molar-refractivity contribution is 0.601. The first-order chi connectivity index (χ1) is 9.85. The number of nitrogen functional groups attached to an aromatic ring is 1. The molecule has 0 aliphatic heterocycles. The summed E-state index contributed by atoms with van der Waals surface area (Å²) in [6.45, 7) is 0. The maximum atomic E-state index is 13.5. The summed E-state index contributed by atoms with van der Waals surface area (Å²) >= 11 is 3.17. The number of anilines is 2. The van der Waals surface area contributed by atoms with E-state index < -0.39 is 15.8 Å². The van der Waals surface area contributed by atoms with E-state index in [1.807, 2.05) is 0 Å². The topological polar surface area (TPSA) is 96.0 Å². The molecule has 0 saturated heterocycles. The van der Waals surface area contributed by atoms with Crippen molar-refractivity contribution in [1.82, 2.24) is 0 Å². The second kappa shape index (κ2) is 5.71. The average molecular weight is 370 g/mol. The SMILES string of the molecule is N#Cc1c(F)cccc1NS(=O)(=O)c1ccc(Br)cc1N. The molecule has 0 amide bonds. The Bertz CT molecular complexity index is 847. The van der Waals surface area contributed by atoms with Gasteiger partial charge < -0.3 is 5.73 Å². The molecule has 2 aromatic carbocycles. The predicted molar refractivity (Wildman–Crippen MR) is 80.5 cm³/mol. The molecule has 0 aliphatic carbocycles. The van der Waals surface area contributed by atoms with Gasteiger partial charge in [-0.3, -0.25) is 4.72 Å². The Morgan fingerprint density at radius 2 is 2.00 bits per heavy atom. The monoisotopic (exact) mass is 369 g/mol. The largest absolute Gasteiger partial charge is 0.398 e. The summed E-state index contributed by atoms with van der Waals surface area (Å²) in [5, 5.41) is 8.90. The molecule has 21 heavy (non-hydrogen) atoms. The van der Waals surface area contributed by atoms with Crippen LogP contribution in [0.25, 0.3) is 0 Å². The number of halogens is 2. The highest BCUT2D eigenvalue weighted by molar-refractivity contribution is 9.10. The summed E-state index contributed by atoms with van der Waals surface area (Å²) in [6.07, 6.45) is 0. The number of hydrogen-bond acceptors (Lipinski definition) is 4. The minimum absolute atomic E-state index is 0.0341. The highest BCUT2D eigenvalue weighted by Gasteiger charge is 2.20. The molecular weight excluding hydrogens is 361 g/mol. The van der Waals surface area contributed by atoms with Crippen LogP contribution in [0.1, 0.15) is 5.56 Å². The van der Waals surface area contributed by atoms with Gasteiger partial charge in [-0.05, 0) is 30.3 Å². The molecule has 0 heterocycles. The van der Waals surface area contributed by atoms with Crippen molar-refractivity contribution in [2.24, 2.45) is 0 Å². The Hall–Kier alpha value is -2.11. The van der Waals surface area contributed by atoms with E-state index in [2.05, 4.69) is 20.7 Å². The molecule has 0 bridgehead atoms. The second-order valence-electron chi connectivity index (χ2n) is 4.06. The van der Waals surface area contributed by atoms with E-state index in [1.54, 1.807) is 6.07 Å². The lowest BCUT2D eigenvalue weighted by atomic mass is 10.2. The fourth-order valence-electron chi connectivity index (χ4n) is 1.69. The normalized spacial score (nSPS) is 10.9. The van der Waals surface area contributed by atoms with Crippen LogP contribution in [-0.2, 0) is 10.0 Å². The van der Waals surface area contributed by atoms with Gasteiger partial charge in [-0.1, -0.05) is 22.0 Å². The molecule has 108 valence electrons. The van der Waals surface area contributed by atoms with Gasteiger partial charge >= 0.3 is 0 Å². The van der Waals surface area contributed by atoms with Crippen molar-refractivity contribution in [3.8, 4) is 6.07 Å². The lowest BCUT2D eigenvalue weighted by Crippen LogP contribution is -2.16. The maximum Gasteiger partial charge on any atom is 0.263 e. The third kappa shape index (κ3) is 3.15. The van der Waals surface area contributed by atoms with Gasteiger partial charge in [-0.25, -0.2) is 12.8 Å². The lowest BCUT2D eigenvalue weighted by Gasteiger charge is -2.11. The van der Waals surface area contributed by atoms with Crippen molar-refractivity contribution < 1.29 is 12.8 Å². The summed E-state index contributed by atoms with van der Waals surface area (Å²) in [5.41, 5.74) is 5.19. The van der Waals surface area contributed by atoms with Crippen LogP contribution in [0.5, 0.6) is 0 Å². The smallest absolute Gasteiger partial charge is 0.263 e. The second-order valence-corrected chi connectivity index (χ2v) is 6.63. The van der Waals surface area contributed by atoms with Crippen LogP contribution < -0.4 is 10.5 Å². The summed E-state index contributed by atoms with van der Waals surface area (Å²) in [4.78, 5) is -0.154. The minimum Gasteiger partial charge on any atom is -0.398 e. The number of benzene rings is 2. The first-order valence-electron chi connectivity index (χ1n) is 5.61. The quantitative estimate of drug-likeness (QED) is 0.812. The molecular formula is C13H9BrFN3O2S. The van der Waals surface area contributed by atoms with E-state index >= 15 is 0 Å². The maximum absolute atomic E-state index is 13.5. The van der Waals surface area contributed by atoms with Gasteiger partial charge in [0.05, 0.1) is 11.4 Å². The molecule has 2 rings (SSSR count). The summed E-state index contributed by atoms with van der Waals surface area (Å²) in [6, 6.07) is 9.56. The molecule has 2 aromatic rings. The number of nitrogens with two attached hydrogens (primary N) is 1. The summed E-state index contributed by atoms with van der Waals surface area (Å²) < 4.78 is 40.8. The van der Waals surface area contributed by atoms with E-state index in [1.165, 1.54) is 30.3 Å². The van der Waals surface area contributed by atoms with E-state index in [9.17, 15) is 12.8 Å². The van der Waals surface area contributed by atoms with Crippen LogP contribution in [0.3, 0.4) is 0 Å². The molecule has 0 radical (unpaired) electrons. The van der Waals surface area contributed by atoms with Crippen molar-refractivity contribution in [2.75, 3.05) is 10.5 Å². The van der Waals surface area contributed by atoms with Crippen LogP contribution in [0, 0.1) is 17.1 Å². The Kier molecular flexibility index (Phi) is 4.16. The Morgan fingerprint density at radius 3 is 2.62 bits per heavy atom. The van der Waals surface area contributed by atoms with Crippen LogP contribution in [-0.4, -0.2) is 8.42 Å². The molecule has 0 fully saturated rings. The Morgan fingerprint density at radius 1 is 1.29 bits per heavy atom. The molecule has 0 saturated carbocycles. The number of hydrogen-bond donors (Lipinski definition) is 2. The van der Waals surface area contributed by atoms with Crippen molar-refractivity contribution in [3.05, 3.63) is 52.3 Å². The van der Waals surface area contributed by atoms with Gasteiger partial charge in [-0.15, -0.1) is 0 Å². The van der Waals surface area contributed by atoms with Gasteiger partial charge in [0.25, 0.3) is 10.0 Å². The van der Waals surface area contributed by atoms with Gasteiger partial charge in [0, 0.05) is 4.47 Å². The summed E-state index contributed by atoms with van der Waals surface area (Å²) in [7, 11) is -4.02. The number of rotatable bonds is 3. The average Bonchev–Trinajstić information content (AvgIpc) is 2.38. The molecule has 8 heteroatoms. The third-order valence-corrected chi connectivity index (χ3v) is 4.56. The standard InChI is InChI=1S/C13H9BrFN3O2S/c14-8-4-5-13(11(17)6-8)21(19,20)18-12-3-1-2-10(15)9(12)7-16/h1-6,18H,17H2. The van der Waals surface area contributed by atoms with Gasteiger partial charge in [0.15, 0.2) is 0 Å². The number of nitrogens with zero attached hydrogens (tertiary/aromatic N) is 1. The number of nitriles is 1. The van der Waals surface area contributed by atoms with Crippen LogP contribution in [0.2, 0.25) is 0 Å². The Labute approximate surface area is 129 Å². The zero-order valence-electron chi connectivity index (χ0n) is 10.5. The highest BCUT2D eigenvalue weighted by atomic mass is 79.9. The minimum atomic E-state index is -4.02. The fraction of sp³-hybridized carbons (Fsp3) is 0. The number of nitrogens with one attached hydrogen (secondary N) is 1. The summed E-state index contributed by atoms with van der Waals surface area (Å²) in [5.74, 6) is -0.804. The molecule has 0 unspecified atom stereocenters. The van der Waals surface area contributed by atoms with E-state index in [-0.39, 0.29) is 21.8 Å². The molecule has 0 spiro atoms. The fourth-order valence-corrected chi connectivity index (χ4v) is 3.25. The zero-order valence-corrected chi connectivity index (χ0v) is 12.9. The van der Waals surface area contributed by atoms with Crippen molar-refractivity contribution in [1.29, 1.82) is 5.26 Å². The number of sulfonamides is 1. The van der Waals surface area contributed by atoms with Crippen LogP contribution >= 0.6 is 15.9 Å². The van der Waals surface area contributed by atoms with E-state index in [0.29, 0.717) is 4.47 Å². The molecule has 0 aliphatic rings. The molecule has 3 N–H and O–H groups in total. The highest BCUT2D eigenvalue weighted by Crippen LogP contribution is 2.26. The van der Waals surface area contributed by atoms with E-state index in [4.69, 9.17) is 11.0 Å². The molecule has 5 nitrogen and oxygen atoms in total. The van der Waals surface area contributed by atoms with Crippen molar-refractivity contribution in [2.45, 2.75) is 4.90 Å². The Balaban J connectivity index is 2.48. The molecule has 0 aromatic heterocycles. The van der Waals surface area contributed by atoms with Crippen LogP contribution in [0.15, 0.2) is 45.8 Å². The van der Waals surface area contributed by atoms with Crippen molar-refractivity contribution in [3.63, 3.8) is 0 Å². The van der Waals surface area contributed by atoms with Crippen LogP contribution in [0.4, 0.5) is 15.8 Å². The molecule has 0 atom stereocenters. The predicted octanol–water partition coefficient (Wildman–Crippen LogP) is 2.84. The van der Waals surface area contributed by atoms with Crippen molar-refractivity contribution >= 4 is 37.3 Å². The van der Waals surface area contributed by atoms with Gasteiger partial charge in [0.1, 0.15) is 22.3 Å². The first kappa shape index (κ1) is 15.3. The first-order valence-corrected chi connectivity index (χ1v) is 7.89. The van der Waals surface area contributed by atoms with Gasteiger partial charge in [-0.2, -0.15) is 5.26 Å². The van der Waals surface area contributed by atoms with Gasteiger partial charge in [0.2, 0.25) is 0 Å².